The Morgan fingerprint density at radius 2 is 1.58 bits per heavy atom. The minimum Gasteiger partial charge on any atom is -0.310 e. The number of nitrogens with one attached hydrogen (secondary N) is 1. The van der Waals surface area contributed by atoms with Crippen LogP contribution < -0.4 is 5.32 Å². The Morgan fingerprint density at radius 1 is 0.895 bits per heavy atom. The minimum absolute atomic E-state index is 0.462. The predicted octanol–water partition coefficient (Wildman–Crippen LogP) is 3.28. The van der Waals surface area contributed by atoms with Crippen molar-refractivity contribution in [1.82, 2.24) is 15.3 Å². The lowest BCUT2D eigenvalue weighted by atomic mass is 10.1. The lowest BCUT2D eigenvalue weighted by Crippen LogP contribution is -2.22. The van der Waals surface area contributed by atoms with Crippen LogP contribution in [0.3, 0.4) is 0 Å². The molecule has 0 unspecified atom stereocenters. The molecule has 0 radical (unpaired) electrons. The molecule has 1 aromatic heterocycles. The Labute approximate surface area is 112 Å². The second kappa shape index (κ2) is 4.94. The molecule has 0 saturated heterocycles. The van der Waals surface area contributed by atoms with Crippen LogP contribution in [0.15, 0.2) is 42.5 Å². The van der Waals surface area contributed by atoms with Gasteiger partial charge in [-0.15, -0.1) is 0 Å². The molecule has 3 rings (SSSR count). The number of benzene rings is 2. The van der Waals surface area contributed by atoms with Gasteiger partial charge in [-0.05, 0) is 23.8 Å². The normalized spacial score (nSPS) is 11.5. The first kappa shape index (κ1) is 12.1. The van der Waals surface area contributed by atoms with Crippen molar-refractivity contribution in [3.8, 4) is 0 Å². The second-order valence-electron chi connectivity index (χ2n) is 5.03. The average Bonchev–Trinajstić information content (AvgIpc) is 2.42. The highest BCUT2D eigenvalue weighted by atomic mass is 14.9. The van der Waals surface area contributed by atoms with Crippen LogP contribution in [0.5, 0.6) is 0 Å². The van der Waals surface area contributed by atoms with Crippen LogP contribution in [-0.2, 0) is 6.54 Å². The van der Waals surface area contributed by atoms with E-state index in [1.807, 2.05) is 36.4 Å². The highest BCUT2D eigenvalue weighted by Gasteiger charge is 2.06. The summed E-state index contributed by atoms with van der Waals surface area (Å²) >= 11 is 0. The molecule has 0 aliphatic heterocycles. The van der Waals surface area contributed by atoms with Crippen molar-refractivity contribution < 1.29 is 0 Å². The highest BCUT2D eigenvalue weighted by Crippen LogP contribution is 2.19. The second-order valence-corrected chi connectivity index (χ2v) is 5.03. The van der Waals surface area contributed by atoms with Crippen LogP contribution in [-0.4, -0.2) is 16.0 Å². The van der Waals surface area contributed by atoms with E-state index in [1.165, 1.54) is 5.56 Å². The number of para-hydroxylation sites is 3. The first-order chi connectivity index (χ1) is 9.24. The molecule has 1 heterocycles. The van der Waals surface area contributed by atoms with Gasteiger partial charge in [0.25, 0.3) is 0 Å². The molecular formula is C16H17N3. The molecule has 1 N–H and O–H groups in total. The van der Waals surface area contributed by atoms with E-state index < -0.39 is 0 Å². The molecule has 0 amide bonds. The molecule has 0 aliphatic rings. The fourth-order valence-corrected chi connectivity index (χ4v) is 2.16. The Balaban J connectivity index is 2.15. The molecule has 0 aliphatic carbocycles. The Bertz CT molecular complexity index is 719. The van der Waals surface area contributed by atoms with E-state index in [9.17, 15) is 0 Å². The number of hydrogen-bond donors (Lipinski definition) is 1. The van der Waals surface area contributed by atoms with Crippen molar-refractivity contribution in [2.45, 2.75) is 26.4 Å². The van der Waals surface area contributed by atoms with Crippen molar-refractivity contribution in [1.29, 1.82) is 0 Å². The van der Waals surface area contributed by atoms with Crippen LogP contribution in [0, 0.1) is 0 Å². The summed E-state index contributed by atoms with van der Waals surface area (Å²) in [5, 5.41) is 3.43. The molecule has 96 valence electrons. The molecule has 0 bridgehead atoms. The third-order valence-electron chi connectivity index (χ3n) is 3.15. The standard InChI is InChI=1S/C16H17N3/c1-11(2)17-10-12-6-5-9-15-16(12)19-14-8-4-3-7-13(14)18-15/h3-9,11,17H,10H2,1-2H3. The molecule has 0 spiro atoms. The summed E-state index contributed by atoms with van der Waals surface area (Å²) in [5.74, 6) is 0. The zero-order valence-corrected chi connectivity index (χ0v) is 11.2. The highest BCUT2D eigenvalue weighted by molar-refractivity contribution is 5.87. The Morgan fingerprint density at radius 3 is 2.32 bits per heavy atom. The van der Waals surface area contributed by atoms with Gasteiger partial charge in [0, 0.05) is 12.6 Å². The van der Waals surface area contributed by atoms with Crippen LogP contribution in [0.1, 0.15) is 19.4 Å². The molecule has 0 atom stereocenters. The fourth-order valence-electron chi connectivity index (χ4n) is 2.16. The zero-order valence-electron chi connectivity index (χ0n) is 11.2. The van der Waals surface area contributed by atoms with Crippen molar-refractivity contribution in [2.75, 3.05) is 0 Å². The summed E-state index contributed by atoms with van der Waals surface area (Å²) in [6, 6.07) is 14.6. The topological polar surface area (TPSA) is 37.8 Å². The lowest BCUT2D eigenvalue weighted by molar-refractivity contribution is 0.590. The molecular weight excluding hydrogens is 234 g/mol. The third kappa shape index (κ3) is 2.42. The quantitative estimate of drug-likeness (QED) is 0.726. The predicted molar refractivity (Wildman–Crippen MR) is 79.0 cm³/mol. The fraction of sp³-hybridized carbons (Fsp3) is 0.250. The molecule has 19 heavy (non-hydrogen) atoms. The number of rotatable bonds is 3. The lowest BCUT2D eigenvalue weighted by Gasteiger charge is -2.10. The van der Waals surface area contributed by atoms with Crippen LogP contribution in [0.4, 0.5) is 0 Å². The summed E-state index contributed by atoms with van der Waals surface area (Å²) in [6.45, 7) is 5.11. The van der Waals surface area contributed by atoms with Crippen molar-refractivity contribution in [2.24, 2.45) is 0 Å². The van der Waals surface area contributed by atoms with Crippen LogP contribution in [0.25, 0.3) is 22.1 Å². The van der Waals surface area contributed by atoms with E-state index in [0.29, 0.717) is 6.04 Å². The van der Waals surface area contributed by atoms with Crippen LogP contribution in [0.2, 0.25) is 0 Å². The molecule has 2 aromatic carbocycles. The van der Waals surface area contributed by atoms with E-state index in [0.717, 1.165) is 28.6 Å². The summed E-state index contributed by atoms with van der Waals surface area (Å²) in [6.07, 6.45) is 0. The van der Waals surface area contributed by atoms with Gasteiger partial charge in [-0.3, -0.25) is 0 Å². The molecule has 0 saturated carbocycles. The monoisotopic (exact) mass is 251 g/mol. The smallest absolute Gasteiger partial charge is 0.0939 e. The number of aromatic nitrogens is 2. The number of nitrogens with zero attached hydrogens (tertiary/aromatic N) is 2. The molecule has 3 aromatic rings. The summed E-state index contributed by atoms with van der Waals surface area (Å²) in [4.78, 5) is 9.43. The largest absolute Gasteiger partial charge is 0.310 e. The third-order valence-corrected chi connectivity index (χ3v) is 3.15. The van der Waals surface area contributed by atoms with Gasteiger partial charge in [0.05, 0.1) is 22.1 Å². The van der Waals surface area contributed by atoms with E-state index in [2.05, 4.69) is 30.2 Å². The maximum atomic E-state index is 4.75. The van der Waals surface area contributed by atoms with E-state index in [4.69, 9.17) is 4.98 Å². The van der Waals surface area contributed by atoms with Crippen LogP contribution >= 0.6 is 0 Å². The van der Waals surface area contributed by atoms with Gasteiger partial charge >= 0.3 is 0 Å². The van der Waals surface area contributed by atoms with Gasteiger partial charge < -0.3 is 5.32 Å². The summed E-state index contributed by atoms with van der Waals surface area (Å²) in [5.41, 5.74) is 5.05. The van der Waals surface area contributed by atoms with Gasteiger partial charge in [-0.25, -0.2) is 9.97 Å². The first-order valence-electron chi connectivity index (χ1n) is 6.62. The van der Waals surface area contributed by atoms with Gasteiger partial charge in [0.1, 0.15) is 0 Å². The zero-order chi connectivity index (χ0) is 13.2. The average molecular weight is 251 g/mol. The number of hydrogen-bond acceptors (Lipinski definition) is 3. The minimum atomic E-state index is 0.462. The molecule has 0 fully saturated rings. The van der Waals surface area contributed by atoms with Crippen molar-refractivity contribution in [3.05, 3.63) is 48.0 Å². The SMILES string of the molecule is CC(C)NCc1cccc2nc3ccccc3nc12. The van der Waals surface area contributed by atoms with Gasteiger partial charge in [0.15, 0.2) is 0 Å². The molecule has 3 heteroatoms. The maximum absolute atomic E-state index is 4.75. The maximum Gasteiger partial charge on any atom is 0.0939 e. The van der Waals surface area contributed by atoms with Gasteiger partial charge in [-0.2, -0.15) is 0 Å². The first-order valence-corrected chi connectivity index (χ1v) is 6.62. The van der Waals surface area contributed by atoms with Gasteiger partial charge in [-0.1, -0.05) is 38.1 Å². The van der Waals surface area contributed by atoms with E-state index >= 15 is 0 Å². The Hall–Kier alpha value is -2.00. The van der Waals surface area contributed by atoms with E-state index in [1.54, 1.807) is 0 Å². The van der Waals surface area contributed by atoms with Crippen molar-refractivity contribution in [3.63, 3.8) is 0 Å². The summed E-state index contributed by atoms with van der Waals surface area (Å²) < 4.78 is 0. The number of fused-ring (bicyclic) bond motifs is 2. The van der Waals surface area contributed by atoms with Gasteiger partial charge in [0.2, 0.25) is 0 Å². The van der Waals surface area contributed by atoms with E-state index in [-0.39, 0.29) is 0 Å². The summed E-state index contributed by atoms with van der Waals surface area (Å²) in [7, 11) is 0. The van der Waals surface area contributed by atoms with Crippen molar-refractivity contribution >= 4 is 22.1 Å². The Kier molecular flexibility index (Phi) is 3.13. The molecule has 3 nitrogen and oxygen atoms in total.